The van der Waals surface area contributed by atoms with Crippen LogP contribution in [0.5, 0.6) is 0 Å². The fraction of sp³-hybridized carbons (Fsp3) is 0.667. The minimum absolute atomic E-state index is 0.206. The largest absolute Gasteiger partial charge is 0.465 e. The van der Waals surface area contributed by atoms with Gasteiger partial charge in [-0.15, -0.1) is 0 Å². The lowest BCUT2D eigenvalue weighted by molar-refractivity contribution is 0.0606. The summed E-state index contributed by atoms with van der Waals surface area (Å²) >= 11 is 7.13. The molecule has 1 aromatic heterocycles. The number of thiazole rings is 1. The Morgan fingerprint density at radius 3 is 2.89 bits per heavy atom. The van der Waals surface area contributed by atoms with Crippen molar-refractivity contribution in [1.29, 1.82) is 0 Å². The number of carbonyl (C=O) groups is 1. The monoisotopic (exact) mass is 303 g/mol. The van der Waals surface area contributed by atoms with E-state index in [2.05, 4.69) is 19.9 Å². The second kappa shape index (κ2) is 7.07. The predicted octanol–water partition coefficient (Wildman–Crippen LogP) is 2.48. The van der Waals surface area contributed by atoms with Gasteiger partial charge in [0.15, 0.2) is 15.2 Å². The molecule has 5 nitrogen and oxygen atoms in total. The molecular formula is C12H18ClN3O2S. The summed E-state index contributed by atoms with van der Waals surface area (Å²) in [7, 11) is 1.34. The zero-order chi connectivity index (χ0) is 13.7. The van der Waals surface area contributed by atoms with Gasteiger partial charge >= 0.3 is 5.97 Å². The number of nitrogens with zero attached hydrogens (tertiary/aromatic N) is 2. The van der Waals surface area contributed by atoms with Crippen molar-refractivity contribution >= 4 is 34.0 Å². The Morgan fingerprint density at radius 2 is 2.21 bits per heavy atom. The third kappa shape index (κ3) is 4.06. The topological polar surface area (TPSA) is 54.5 Å². The quantitative estimate of drug-likeness (QED) is 0.847. The van der Waals surface area contributed by atoms with Gasteiger partial charge in [-0.1, -0.05) is 29.4 Å². The van der Waals surface area contributed by atoms with Crippen LogP contribution in [-0.4, -0.2) is 49.1 Å². The Balaban J connectivity index is 1.81. The number of methoxy groups -OCH3 is 1. The summed E-state index contributed by atoms with van der Waals surface area (Å²) in [6.07, 6.45) is 3.92. The number of nitrogens with one attached hydrogen (secondary N) is 1. The molecule has 0 aromatic carbocycles. The molecule has 0 bridgehead atoms. The molecule has 2 rings (SSSR count). The Morgan fingerprint density at radius 1 is 1.47 bits per heavy atom. The summed E-state index contributed by atoms with van der Waals surface area (Å²) in [6, 6.07) is 0. The minimum atomic E-state index is -0.438. The van der Waals surface area contributed by atoms with E-state index in [0.29, 0.717) is 10.0 Å². The van der Waals surface area contributed by atoms with Crippen LogP contribution in [0, 0.1) is 0 Å². The third-order valence-corrected chi connectivity index (χ3v) is 4.49. The molecule has 7 heteroatoms. The number of ether oxygens (including phenoxy) is 1. The molecule has 0 aliphatic carbocycles. The van der Waals surface area contributed by atoms with Crippen molar-refractivity contribution in [2.24, 2.45) is 0 Å². The fourth-order valence-corrected chi connectivity index (χ4v) is 3.23. The van der Waals surface area contributed by atoms with E-state index in [1.54, 1.807) is 0 Å². The molecule has 1 N–H and O–H groups in total. The van der Waals surface area contributed by atoms with E-state index in [9.17, 15) is 4.79 Å². The average molecular weight is 304 g/mol. The van der Waals surface area contributed by atoms with E-state index in [-0.39, 0.29) is 5.15 Å². The summed E-state index contributed by atoms with van der Waals surface area (Å²) in [5.41, 5.74) is 0. The molecule has 1 aliphatic rings. The molecule has 1 fully saturated rings. The minimum Gasteiger partial charge on any atom is -0.465 e. The van der Waals surface area contributed by atoms with Crippen LogP contribution in [0.15, 0.2) is 0 Å². The summed E-state index contributed by atoms with van der Waals surface area (Å²) < 4.78 is 4.64. The number of carbonyl (C=O) groups excluding carboxylic acids is 1. The summed E-state index contributed by atoms with van der Waals surface area (Å²) in [6.45, 7) is 4.15. The van der Waals surface area contributed by atoms with Crippen molar-refractivity contribution in [2.75, 3.05) is 38.6 Å². The zero-order valence-corrected chi connectivity index (χ0v) is 12.5. The molecule has 1 aliphatic heterocycles. The molecule has 19 heavy (non-hydrogen) atoms. The lowest BCUT2D eigenvalue weighted by atomic mass is 10.1. The molecule has 0 unspecified atom stereocenters. The van der Waals surface area contributed by atoms with E-state index in [1.807, 2.05) is 0 Å². The number of piperidine rings is 1. The molecule has 0 saturated carbocycles. The first-order valence-corrected chi connectivity index (χ1v) is 7.61. The van der Waals surface area contributed by atoms with Gasteiger partial charge in [-0.05, 0) is 25.9 Å². The first-order valence-electron chi connectivity index (χ1n) is 6.41. The predicted molar refractivity (Wildman–Crippen MR) is 77.2 cm³/mol. The summed E-state index contributed by atoms with van der Waals surface area (Å²) in [5.74, 6) is -0.438. The van der Waals surface area contributed by atoms with E-state index < -0.39 is 5.97 Å². The molecule has 0 spiro atoms. The second-order valence-electron chi connectivity index (χ2n) is 4.46. The number of esters is 1. The highest BCUT2D eigenvalue weighted by Gasteiger charge is 2.17. The Bertz CT molecular complexity index is 433. The van der Waals surface area contributed by atoms with Crippen molar-refractivity contribution in [2.45, 2.75) is 19.3 Å². The van der Waals surface area contributed by atoms with Crippen LogP contribution in [0.1, 0.15) is 28.9 Å². The molecule has 0 amide bonds. The van der Waals surface area contributed by atoms with Gasteiger partial charge < -0.3 is 15.0 Å². The Labute approximate surface area is 121 Å². The average Bonchev–Trinajstić information content (AvgIpc) is 2.80. The molecular weight excluding hydrogens is 286 g/mol. The van der Waals surface area contributed by atoms with Gasteiger partial charge in [0.05, 0.1) is 7.11 Å². The first kappa shape index (κ1) is 14.6. The summed E-state index contributed by atoms with van der Waals surface area (Å²) in [4.78, 5) is 18.3. The smallest absolute Gasteiger partial charge is 0.351 e. The van der Waals surface area contributed by atoms with E-state index in [4.69, 9.17) is 11.6 Å². The number of rotatable bonds is 5. The lowest BCUT2D eigenvalue weighted by Crippen LogP contribution is -2.33. The van der Waals surface area contributed by atoms with Gasteiger partial charge in [0.25, 0.3) is 0 Å². The van der Waals surface area contributed by atoms with Crippen LogP contribution in [0.2, 0.25) is 5.15 Å². The van der Waals surface area contributed by atoms with Crippen molar-refractivity contribution in [3.8, 4) is 0 Å². The first-order chi connectivity index (χ1) is 9.20. The van der Waals surface area contributed by atoms with Crippen molar-refractivity contribution in [1.82, 2.24) is 9.88 Å². The van der Waals surface area contributed by atoms with Crippen molar-refractivity contribution in [3.05, 3.63) is 10.0 Å². The van der Waals surface area contributed by atoms with Crippen LogP contribution in [0.3, 0.4) is 0 Å². The normalized spacial score (nSPS) is 16.3. The number of anilines is 1. The van der Waals surface area contributed by atoms with E-state index in [1.165, 1.54) is 50.8 Å². The fourth-order valence-electron chi connectivity index (χ4n) is 2.10. The van der Waals surface area contributed by atoms with E-state index in [0.717, 1.165) is 13.1 Å². The summed E-state index contributed by atoms with van der Waals surface area (Å²) in [5, 5.41) is 4.08. The lowest BCUT2D eigenvalue weighted by Gasteiger charge is -2.26. The molecule has 106 valence electrons. The number of likely N-dealkylation sites (tertiary alicyclic amines) is 1. The highest BCUT2D eigenvalue weighted by Crippen LogP contribution is 2.27. The SMILES string of the molecule is COC(=O)c1sc(NCCN2CCCCC2)nc1Cl. The van der Waals surface area contributed by atoms with Gasteiger partial charge in [0.2, 0.25) is 0 Å². The zero-order valence-electron chi connectivity index (χ0n) is 10.9. The van der Waals surface area contributed by atoms with Crippen LogP contribution < -0.4 is 5.32 Å². The van der Waals surface area contributed by atoms with Crippen LogP contribution in [0.25, 0.3) is 0 Å². The van der Waals surface area contributed by atoms with Gasteiger partial charge in [0, 0.05) is 13.1 Å². The third-order valence-electron chi connectivity index (χ3n) is 3.11. The Hall–Kier alpha value is -0.850. The van der Waals surface area contributed by atoms with E-state index >= 15 is 0 Å². The maximum Gasteiger partial charge on any atom is 0.351 e. The Kier molecular flexibility index (Phi) is 5.42. The van der Waals surface area contributed by atoms with Crippen LogP contribution >= 0.6 is 22.9 Å². The molecule has 0 radical (unpaired) electrons. The van der Waals surface area contributed by atoms with Gasteiger partial charge in [0.1, 0.15) is 0 Å². The van der Waals surface area contributed by atoms with Crippen LogP contribution in [0.4, 0.5) is 5.13 Å². The van der Waals surface area contributed by atoms with Gasteiger partial charge in [-0.3, -0.25) is 0 Å². The van der Waals surface area contributed by atoms with Gasteiger partial charge in [-0.25, -0.2) is 9.78 Å². The number of hydrogen-bond donors (Lipinski definition) is 1. The number of halogens is 1. The maximum atomic E-state index is 11.4. The molecule has 1 aromatic rings. The highest BCUT2D eigenvalue weighted by atomic mass is 35.5. The number of hydrogen-bond acceptors (Lipinski definition) is 6. The van der Waals surface area contributed by atoms with Gasteiger partial charge in [-0.2, -0.15) is 0 Å². The molecule has 1 saturated heterocycles. The van der Waals surface area contributed by atoms with Crippen molar-refractivity contribution < 1.29 is 9.53 Å². The molecule has 2 heterocycles. The number of aromatic nitrogens is 1. The second-order valence-corrected chi connectivity index (χ2v) is 5.82. The van der Waals surface area contributed by atoms with Crippen molar-refractivity contribution in [3.63, 3.8) is 0 Å². The maximum absolute atomic E-state index is 11.4. The molecule has 0 atom stereocenters. The highest BCUT2D eigenvalue weighted by molar-refractivity contribution is 7.18. The van der Waals surface area contributed by atoms with Crippen LogP contribution in [-0.2, 0) is 4.74 Å². The standard InChI is InChI=1S/C12H18ClN3O2S/c1-18-11(17)9-10(13)15-12(19-9)14-5-8-16-6-3-2-4-7-16/h2-8H2,1H3,(H,14,15).